The fourth-order valence-electron chi connectivity index (χ4n) is 2.93. The molecule has 3 N–H and O–H groups in total. The molecule has 0 aliphatic carbocycles. The molecule has 1 aromatic carbocycles. The summed E-state index contributed by atoms with van der Waals surface area (Å²) in [5.74, 6) is -0.463. The van der Waals surface area contributed by atoms with E-state index >= 15 is 0 Å². The summed E-state index contributed by atoms with van der Waals surface area (Å²) < 4.78 is 1.71. The molecule has 0 unspecified atom stereocenters. The van der Waals surface area contributed by atoms with Gasteiger partial charge in [-0.3, -0.25) is 4.40 Å². The quantitative estimate of drug-likeness (QED) is 0.760. The van der Waals surface area contributed by atoms with Gasteiger partial charge in [0, 0.05) is 11.8 Å². The smallest absolute Gasteiger partial charge is 0.335 e. The summed E-state index contributed by atoms with van der Waals surface area (Å²) in [6.07, 6.45) is 1.64. The Kier molecular flexibility index (Phi) is 3.13. The lowest BCUT2D eigenvalue weighted by atomic mass is 9.97. The number of nitrogens with zero attached hydrogens (tertiary/aromatic N) is 2. The van der Waals surface area contributed by atoms with E-state index < -0.39 is 5.97 Å². The fourth-order valence-corrected chi connectivity index (χ4v) is 2.93. The fraction of sp³-hybridized carbons (Fsp3) is 0.176. The minimum atomic E-state index is -0.978. The molecule has 0 aliphatic rings. The number of hydrogen-bond donors (Lipinski definition) is 2. The van der Waals surface area contributed by atoms with Crippen molar-refractivity contribution in [1.82, 2.24) is 9.38 Å². The van der Waals surface area contributed by atoms with Gasteiger partial charge in [0.15, 0.2) is 0 Å². The first-order chi connectivity index (χ1) is 10.4. The number of nitrogens with two attached hydrogens (primary N) is 1. The van der Waals surface area contributed by atoms with Crippen LogP contribution in [0, 0.1) is 20.8 Å². The zero-order valence-corrected chi connectivity index (χ0v) is 12.7. The maximum atomic E-state index is 11.1. The summed E-state index contributed by atoms with van der Waals surface area (Å²) in [7, 11) is 0. The Hall–Kier alpha value is -2.82. The number of aromatic carboxylic acids is 1. The van der Waals surface area contributed by atoms with Gasteiger partial charge in [0.1, 0.15) is 17.2 Å². The molecule has 0 fully saturated rings. The molecule has 3 aromatic rings. The number of carboxylic acids is 1. The summed E-state index contributed by atoms with van der Waals surface area (Å²) in [5.41, 5.74) is 12.0. The molecule has 5 nitrogen and oxygen atoms in total. The van der Waals surface area contributed by atoms with E-state index in [1.165, 1.54) is 17.7 Å². The molecule has 0 radical (unpaired) electrons. The number of anilines is 1. The van der Waals surface area contributed by atoms with Crippen LogP contribution in [0.3, 0.4) is 0 Å². The Labute approximate surface area is 128 Å². The number of nitrogen functional groups attached to an aromatic ring is 1. The van der Waals surface area contributed by atoms with Crippen molar-refractivity contribution in [3.05, 3.63) is 52.7 Å². The van der Waals surface area contributed by atoms with Gasteiger partial charge >= 0.3 is 5.97 Å². The van der Waals surface area contributed by atoms with E-state index in [2.05, 4.69) is 24.0 Å². The van der Waals surface area contributed by atoms with E-state index in [-0.39, 0.29) is 5.56 Å². The first kappa shape index (κ1) is 14.1. The van der Waals surface area contributed by atoms with E-state index in [1.807, 2.05) is 13.8 Å². The Morgan fingerprint density at radius 3 is 2.41 bits per heavy atom. The first-order valence-corrected chi connectivity index (χ1v) is 6.97. The molecule has 0 saturated carbocycles. The number of benzene rings is 1. The standard InChI is InChI=1S/C17H17N3O2/c1-9-6-10(2)14(11(3)7-9)15-16(18)20-5-4-12(17(21)22)8-13(20)19-15/h4-8H,18H2,1-3H3,(H,21,22). The second kappa shape index (κ2) is 4.87. The van der Waals surface area contributed by atoms with Crippen LogP contribution in [-0.4, -0.2) is 20.5 Å². The van der Waals surface area contributed by atoms with Crippen molar-refractivity contribution in [2.45, 2.75) is 20.8 Å². The van der Waals surface area contributed by atoms with Crippen LogP contribution in [0.25, 0.3) is 16.9 Å². The van der Waals surface area contributed by atoms with Crippen LogP contribution in [0.15, 0.2) is 30.5 Å². The number of carbonyl (C=O) groups is 1. The molecule has 3 rings (SSSR count). The largest absolute Gasteiger partial charge is 0.478 e. The Morgan fingerprint density at radius 1 is 1.18 bits per heavy atom. The molecule has 0 amide bonds. The third-order valence-corrected chi connectivity index (χ3v) is 3.82. The lowest BCUT2D eigenvalue weighted by Crippen LogP contribution is -1.99. The second-order valence-corrected chi connectivity index (χ2v) is 5.57. The molecule has 5 heteroatoms. The van der Waals surface area contributed by atoms with Gasteiger partial charge in [0.05, 0.1) is 5.56 Å². The van der Waals surface area contributed by atoms with Crippen molar-refractivity contribution in [3.63, 3.8) is 0 Å². The van der Waals surface area contributed by atoms with Crippen molar-refractivity contribution in [2.75, 3.05) is 5.73 Å². The van der Waals surface area contributed by atoms with E-state index in [0.29, 0.717) is 17.2 Å². The molecule has 22 heavy (non-hydrogen) atoms. The highest BCUT2D eigenvalue weighted by Gasteiger charge is 2.16. The van der Waals surface area contributed by atoms with E-state index in [4.69, 9.17) is 10.8 Å². The predicted octanol–water partition coefficient (Wildman–Crippen LogP) is 3.21. The van der Waals surface area contributed by atoms with Crippen LogP contribution >= 0.6 is 0 Å². The second-order valence-electron chi connectivity index (χ2n) is 5.57. The summed E-state index contributed by atoms with van der Waals surface area (Å²) >= 11 is 0. The molecular weight excluding hydrogens is 278 g/mol. The summed E-state index contributed by atoms with van der Waals surface area (Å²) in [6, 6.07) is 7.23. The zero-order chi connectivity index (χ0) is 16.0. The van der Waals surface area contributed by atoms with Gasteiger partial charge in [-0.25, -0.2) is 9.78 Å². The maximum absolute atomic E-state index is 11.1. The van der Waals surface area contributed by atoms with Crippen LogP contribution in [0.2, 0.25) is 0 Å². The van der Waals surface area contributed by atoms with E-state index in [1.54, 1.807) is 10.6 Å². The van der Waals surface area contributed by atoms with Gasteiger partial charge in [-0.1, -0.05) is 17.7 Å². The minimum Gasteiger partial charge on any atom is -0.478 e. The van der Waals surface area contributed by atoms with Crippen LogP contribution < -0.4 is 5.73 Å². The van der Waals surface area contributed by atoms with Gasteiger partial charge in [-0.2, -0.15) is 0 Å². The van der Waals surface area contributed by atoms with Crippen LogP contribution in [0.5, 0.6) is 0 Å². The zero-order valence-electron chi connectivity index (χ0n) is 12.7. The van der Waals surface area contributed by atoms with Gasteiger partial charge in [0.25, 0.3) is 0 Å². The average Bonchev–Trinajstić information content (AvgIpc) is 2.74. The molecule has 0 spiro atoms. The number of aryl methyl sites for hydroxylation is 3. The summed E-state index contributed by atoms with van der Waals surface area (Å²) in [5, 5.41) is 9.09. The Bertz CT molecular complexity index is 887. The number of hydrogen-bond acceptors (Lipinski definition) is 3. The highest BCUT2D eigenvalue weighted by molar-refractivity contribution is 5.89. The Morgan fingerprint density at radius 2 is 1.82 bits per heavy atom. The minimum absolute atomic E-state index is 0.196. The molecule has 112 valence electrons. The average molecular weight is 295 g/mol. The van der Waals surface area contributed by atoms with E-state index in [0.717, 1.165) is 16.7 Å². The number of pyridine rings is 1. The monoisotopic (exact) mass is 295 g/mol. The Balaban J connectivity index is 2.28. The van der Waals surface area contributed by atoms with Crippen LogP contribution in [0.4, 0.5) is 5.82 Å². The van der Waals surface area contributed by atoms with Gasteiger partial charge in [0.2, 0.25) is 0 Å². The lowest BCUT2D eigenvalue weighted by molar-refractivity contribution is 0.0697. The molecule has 0 saturated heterocycles. The number of fused-ring (bicyclic) bond motifs is 1. The van der Waals surface area contributed by atoms with Crippen LogP contribution in [0.1, 0.15) is 27.0 Å². The third-order valence-electron chi connectivity index (χ3n) is 3.82. The van der Waals surface area contributed by atoms with Crippen molar-refractivity contribution < 1.29 is 9.90 Å². The van der Waals surface area contributed by atoms with Crippen molar-refractivity contribution in [2.24, 2.45) is 0 Å². The highest BCUT2D eigenvalue weighted by Crippen LogP contribution is 2.32. The maximum Gasteiger partial charge on any atom is 0.335 e. The number of carboxylic acid groups (broad SMARTS) is 1. The van der Waals surface area contributed by atoms with Gasteiger partial charge in [-0.15, -0.1) is 0 Å². The number of aromatic nitrogens is 2. The lowest BCUT2D eigenvalue weighted by Gasteiger charge is -2.09. The summed E-state index contributed by atoms with van der Waals surface area (Å²) in [6.45, 7) is 6.11. The topological polar surface area (TPSA) is 80.6 Å². The SMILES string of the molecule is Cc1cc(C)c(-c2nc3cc(C(=O)O)ccn3c2N)c(C)c1. The van der Waals surface area contributed by atoms with Crippen molar-refractivity contribution >= 4 is 17.4 Å². The number of rotatable bonds is 2. The molecule has 2 aromatic heterocycles. The normalized spacial score (nSPS) is 11.0. The molecule has 0 atom stereocenters. The third kappa shape index (κ3) is 2.11. The molecular formula is C17H17N3O2. The predicted molar refractivity (Wildman–Crippen MR) is 86.2 cm³/mol. The number of imidazole rings is 1. The van der Waals surface area contributed by atoms with E-state index in [9.17, 15) is 4.79 Å². The van der Waals surface area contributed by atoms with Gasteiger partial charge in [-0.05, 0) is 44.0 Å². The van der Waals surface area contributed by atoms with Crippen molar-refractivity contribution in [1.29, 1.82) is 0 Å². The molecule has 0 bridgehead atoms. The first-order valence-electron chi connectivity index (χ1n) is 6.97. The van der Waals surface area contributed by atoms with Gasteiger partial charge < -0.3 is 10.8 Å². The molecule has 2 heterocycles. The molecule has 0 aliphatic heterocycles. The van der Waals surface area contributed by atoms with Crippen molar-refractivity contribution in [3.8, 4) is 11.3 Å². The summed E-state index contributed by atoms with van der Waals surface area (Å²) in [4.78, 5) is 15.6. The van der Waals surface area contributed by atoms with Crippen LogP contribution in [-0.2, 0) is 0 Å². The highest BCUT2D eigenvalue weighted by atomic mass is 16.4.